The Morgan fingerprint density at radius 2 is 2.33 bits per heavy atom. The van der Waals surface area contributed by atoms with Gasteiger partial charge in [0.1, 0.15) is 0 Å². The van der Waals surface area contributed by atoms with Gasteiger partial charge in [-0.25, -0.2) is 0 Å². The maximum absolute atomic E-state index is 3.51. The molecule has 0 amide bonds. The summed E-state index contributed by atoms with van der Waals surface area (Å²) in [5.74, 6) is 0. The fraction of sp³-hybridized carbons (Fsp3) is 0.200. The molecular formula is C5H7Ru. The summed E-state index contributed by atoms with van der Waals surface area (Å²) in [5.41, 5.74) is 0. The normalized spacial score (nSPS) is 9.50. The molecule has 0 radical (unpaired) electrons. The van der Waals surface area contributed by atoms with E-state index in [1.807, 2.05) is 13.0 Å². The molecule has 0 rings (SSSR count). The Bertz CT molecular complexity index is 72.0. The molecule has 0 spiro atoms. The summed E-state index contributed by atoms with van der Waals surface area (Å²) in [4.78, 5) is 0. The minimum absolute atomic E-state index is 1.23. The predicted molar refractivity (Wildman–Crippen MR) is 25.2 cm³/mol. The van der Waals surface area contributed by atoms with Crippen molar-refractivity contribution in [1.82, 2.24) is 0 Å². The summed E-state index contributed by atoms with van der Waals surface area (Å²) >= 11 is 2.48. The summed E-state index contributed by atoms with van der Waals surface area (Å²) in [5, 5.41) is 0. The third-order valence-corrected chi connectivity index (χ3v) is 0.633. The predicted octanol–water partition coefficient (Wildman–Crippen LogP) is 1.12. The first-order chi connectivity index (χ1) is 2.77. The third-order valence-electron chi connectivity index (χ3n) is 0.343. The van der Waals surface area contributed by atoms with Crippen LogP contribution in [-0.4, -0.2) is 4.11 Å². The van der Waals surface area contributed by atoms with Crippen LogP contribution in [0.1, 0.15) is 6.92 Å². The van der Waals surface area contributed by atoms with Gasteiger partial charge in [0.2, 0.25) is 0 Å². The Hall–Kier alpha value is 0.103. The van der Waals surface area contributed by atoms with Crippen molar-refractivity contribution in [2.75, 3.05) is 0 Å². The molecule has 0 aliphatic carbocycles. The van der Waals surface area contributed by atoms with E-state index in [0.29, 0.717) is 0 Å². The molecule has 0 fully saturated rings. The van der Waals surface area contributed by atoms with Gasteiger partial charge in [-0.1, -0.05) is 0 Å². The topological polar surface area (TPSA) is 0 Å². The van der Waals surface area contributed by atoms with Crippen LogP contribution in [0.25, 0.3) is 0 Å². The minimum atomic E-state index is 1.23. The molecule has 0 nitrogen and oxygen atoms in total. The fourth-order valence-electron chi connectivity index (χ4n) is 0.160. The number of allylic oxidation sites excluding steroid dienone is 2. The molecule has 0 aromatic carbocycles. The van der Waals surface area contributed by atoms with Gasteiger partial charge in [-0.05, 0) is 0 Å². The van der Waals surface area contributed by atoms with Crippen LogP contribution in [-0.2, 0) is 17.9 Å². The van der Waals surface area contributed by atoms with Crippen LogP contribution in [0.3, 0.4) is 0 Å². The van der Waals surface area contributed by atoms with E-state index in [9.17, 15) is 0 Å². The Morgan fingerprint density at radius 1 is 1.83 bits per heavy atom. The summed E-state index contributed by atoms with van der Waals surface area (Å²) in [6.45, 7) is 5.53. The van der Waals surface area contributed by atoms with E-state index in [-0.39, 0.29) is 0 Å². The molecule has 1 heteroatoms. The molecule has 0 atom stereocenters. The molecule has 0 N–H and O–H groups in total. The van der Waals surface area contributed by atoms with Gasteiger partial charge in [-0.2, -0.15) is 0 Å². The van der Waals surface area contributed by atoms with Crippen molar-refractivity contribution in [2.45, 2.75) is 6.92 Å². The quantitative estimate of drug-likeness (QED) is 0.406. The average molecular weight is 168 g/mol. The van der Waals surface area contributed by atoms with E-state index in [1.165, 1.54) is 4.11 Å². The first-order valence-corrected chi connectivity index (χ1v) is 2.58. The summed E-state index contributed by atoms with van der Waals surface area (Å²) in [6, 6.07) is 0. The van der Waals surface area contributed by atoms with Gasteiger partial charge in [-0.3, -0.25) is 0 Å². The van der Waals surface area contributed by atoms with Crippen LogP contribution in [0.2, 0.25) is 0 Å². The van der Waals surface area contributed by atoms with Crippen LogP contribution in [0.15, 0.2) is 12.2 Å². The Morgan fingerprint density at radius 3 is 2.33 bits per heavy atom. The summed E-state index contributed by atoms with van der Waals surface area (Å²) in [6.07, 6.45) is 3.71. The molecule has 0 bridgehead atoms. The molecule has 0 aromatic rings. The van der Waals surface area contributed by atoms with Gasteiger partial charge in [0, 0.05) is 0 Å². The molecule has 35 valence electrons. The second-order valence-corrected chi connectivity index (χ2v) is 2.34. The Balaban J connectivity index is 3.30. The SMILES string of the molecule is [CH2-]/C=C\[C](C)=[Ru+]. The zero-order chi connectivity index (χ0) is 4.99. The van der Waals surface area contributed by atoms with Gasteiger partial charge in [0.05, 0.1) is 0 Å². The molecule has 0 unspecified atom stereocenters. The van der Waals surface area contributed by atoms with Crippen molar-refractivity contribution in [2.24, 2.45) is 0 Å². The maximum atomic E-state index is 3.51. The van der Waals surface area contributed by atoms with Crippen LogP contribution in [0.5, 0.6) is 0 Å². The van der Waals surface area contributed by atoms with E-state index >= 15 is 0 Å². The molecular weight excluding hydrogens is 161 g/mol. The van der Waals surface area contributed by atoms with Crippen molar-refractivity contribution in [1.29, 1.82) is 0 Å². The Kier molecular flexibility index (Phi) is 3.36. The summed E-state index contributed by atoms with van der Waals surface area (Å²) in [7, 11) is 0. The third kappa shape index (κ3) is 4.10. The van der Waals surface area contributed by atoms with E-state index in [0.717, 1.165) is 0 Å². The number of rotatable bonds is 1. The first kappa shape index (κ1) is 6.10. The van der Waals surface area contributed by atoms with E-state index in [1.54, 1.807) is 6.08 Å². The molecule has 6 heavy (non-hydrogen) atoms. The van der Waals surface area contributed by atoms with Crippen molar-refractivity contribution < 1.29 is 17.9 Å². The second kappa shape index (κ2) is 3.30. The standard InChI is InChI=1S/C5H7.Ru/c1-3-5-4-2;/h3,5H,1H2,2H3;/q-1;+1/b5-3-;. The van der Waals surface area contributed by atoms with Gasteiger partial charge >= 0.3 is 48.0 Å². The summed E-state index contributed by atoms with van der Waals surface area (Å²) < 4.78 is 1.23. The number of hydrogen-bond donors (Lipinski definition) is 0. The van der Waals surface area contributed by atoms with Gasteiger partial charge in [-0.15, -0.1) is 0 Å². The fourth-order valence-corrected chi connectivity index (χ4v) is 0.364. The zero-order valence-electron chi connectivity index (χ0n) is 3.72. The van der Waals surface area contributed by atoms with Crippen molar-refractivity contribution >= 4 is 4.11 Å². The van der Waals surface area contributed by atoms with Crippen molar-refractivity contribution in [3.05, 3.63) is 19.1 Å². The molecule has 0 aliphatic heterocycles. The van der Waals surface area contributed by atoms with E-state index in [4.69, 9.17) is 0 Å². The van der Waals surface area contributed by atoms with Crippen molar-refractivity contribution in [3.63, 3.8) is 0 Å². The van der Waals surface area contributed by atoms with Crippen LogP contribution < -0.4 is 0 Å². The molecule has 0 aliphatic rings. The van der Waals surface area contributed by atoms with Gasteiger partial charge in [0.25, 0.3) is 0 Å². The van der Waals surface area contributed by atoms with Crippen LogP contribution >= 0.6 is 0 Å². The van der Waals surface area contributed by atoms with E-state index in [2.05, 4.69) is 24.8 Å². The van der Waals surface area contributed by atoms with Crippen LogP contribution in [0.4, 0.5) is 0 Å². The van der Waals surface area contributed by atoms with Crippen LogP contribution in [0, 0.1) is 6.92 Å². The second-order valence-electron chi connectivity index (χ2n) is 0.970. The van der Waals surface area contributed by atoms with E-state index < -0.39 is 0 Å². The van der Waals surface area contributed by atoms with Crippen molar-refractivity contribution in [3.8, 4) is 0 Å². The first-order valence-electron chi connectivity index (χ1n) is 1.71. The Labute approximate surface area is 48.5 Å². The molecule has 0 aromatic heterocycles. The van der Waals surface area contributed by atoms with Gasteiger partial charge < -0.3 is 0 Å². The average Bonchev–Trinajstić information content (AvgIpc) is 1.35. The molecule has 0 saturated carbocycles. The molecule has 0 heterocycles. The van der Waals surface area contributed by atoms with Gasteiger partial charge in [0.15, 0.2) is 0 Å². The molecule has 0 saturated heterocycles. The zero-order valence-corrected chi connectivity index (χ0v) is 5.45. The monoisotopic (exact) mass is 169 g/mol. The number of hydrogen-bond acceptors (Lipinski definition) is 0.